The number of halogens is 2. The van der Waals surface area contributed by atoms with E-state index in [9.17, 15) is 4.79 Å². The quantitative estimate of drug-likeness (QED) is 0.364. The van der Waals surface area contributed by atoms with Crippen molar-refractivity contribution in [1.82, 2.24) is 15.5 Å². The molecule has 1 aliphatic rings. The second kappa shape index (κ2) is 11.3. The van der Waals surface area contributed by atoms with Crippen LogP contribution in [0.3, 0.4) is 0 Å². The summed E-state index contributed by atoms with van der Waals surface area (Å²) in [6.07, 6.45) is 0. The average molecular weight is 528 g/mol. The highest BCUT2D eigenvalue weighted by Crippen LogP contribution is 2.20. The Morgan fingerprint density at radius 3 is 2.38 bits per heavy atom. The molecule has 156 valence electrons. The minimum absolute atomic E-state index is 0. The van der Waals surface area contributed by atoms with Crippen LogP contribution in [0.2, 0.25) is 5.02 Å². The van der Waals surface area contributed by atoms with E-state index in [2.05, 4.69) is 31.5 Å². The van der Waals surface area contributed by atoms with E-state index in [1.165, 1.54) is 0 Å². The Balaban J connectivity index is 0.00000300. The standard InChI is InChI=1S/C21H26ClN5O.HI/c1-23-20(28)17-8-6-16(7-9-17)15-25-21(24-2)27-12-10-26(11-13-27)19-5-3-4-18(22)14-19;/h3-9,14H,10-13,15H2,1-2H3,(H,23,28)(H,24,25);1H. The largest absolute Gasteiger partial charge is 0.368 e. The van der Waals surface area contributed by atoms with Gasteiger partial charge < -0.3 is 20.4 Å². The normalized spacial score (nSPS) is 14.2. The number of anilines is 1. The first-order valence-corrected chi connectivity index (χ1v) is 9.75. The molecule has 0 atom stereocenters. The molecule has 0 unspecified atom stereocenters. The molecule has 0 bridgehead atoms. The number of hydrogen-bond acceptors (Lipinski definition) is 3. The van der Waals surface area contributed by atoms with E-state index in [1.807, 2.05) is 42.5 Å². The van der Waals surface area contributed by atoms with Crippen LogP contribution in [-0.2, 0) is 6.54 Å². The van der Waals surface area contributed by atoms with Gasteiger partial charge in [0.1, 0.15) is 0 Å². The van der Waals surface area contributed by atoms with Crippen LogP contribution in [0.25, 0.3) is 0 Å². The fourth-order valence-electron chi connectivity index (χ4n) is 3.28. The predicted molar refractivity (Wildman–Crippen MR) is 131 cm³/mol. The summed E-state index contributed by atoms with van der Waals surface area (Å²) in [5.74, 6) is 0.814. The zero-order valence-corrected chi connectivity index (χ0v) is 19.8. The summed E-state index contributed by atoms with van der Waals surface area (Å²) in [7, 11) is 3.44. The van der Waals surface area contributed by atoms with Crippen LogP contribution in [0.15, 0.2) is 53.5 Å². The minimum atomic E-state index is -0.0760. The van der Waals surface area contributed by atoms with Gasteiger partial charge in [-0.2, -0.15) is 0 Å². The maximum absolute atomic E-state index is 11.6. The second-order valence-corrected chi connectivity index (χ2v) is 7.07. The number of hydrogen-bond donors (Lipinski definition) is 2. The maximum atomic E-state index is 11.6. The number of benzene rings is 2. The van der Waals surface area contributed by atoms with E-state index in [4.69, 9.17) is 11.6 Å². The fourth-order valence-corrected chi connectivity index (χ4v) is 3.47. The van der Waals surface area contributed by atoms with Crippen molar-refractivity contribution in [2.75, 3.05) is 45.2 Å². The molecule has 1 aliphatic heterocycles. The molecule has 6 nitrogen and oxygen atoms in total. The van der Waals surface area contributed by atoms with Gasteiger partial charge in [-0.15, -0.1) is 24.0 Å². The molecule has 0 aliphatic carbocycles. The smallest absolute Gasteiger partial charge is 0.251 e. The van der Waals surface area contributed by atoms with Crippen LogP contribution in [0.5, 0.6) is 0 Å². The molecule has 0 saturated carbocycles. The molecule has 1 saturated heterocycles. The number of aliphatic imine (C=N–C) groups is 1. The van der Waals surface area contributed by atoms with Crippen LogP contribution in [0, 0.1) is 0 Å². The van der Waals surface area contributed by atoms with Gasteiger partial charge in [-0.05, 0) is 35.9 Å². The molecule has 1 heterocycles. The van der Waals surface area contributed by atoms with Crippen LogP contribution >= 0.6 is 35.6 Å². The Kier molecular flexibility index (Phi) is 9.03. The topological polar surface area (TPSA) is 60.0 Å². The number of piperazine rings is 1. The Hall–Kier alpha value is -2.00. The number of carbonyl (C=O) groups is 1. The molecule has 29 heavy (non-hydrogen) atoms. The Morgan fingerprint density at radius 1 is 1.10 bits per heavy atom. The molecular formula is C21H27ClIN5O. The zero-order chi connectivity index (χ0) is 19.9. The number of nitrogens with one attached hydrogen (secondary N) is 2. The summed E-state index contributed by atoms with van der Waals surface area (Å²) in [4.78, 5) is 20.7. The Bertz CT molecular complexity index is 835. The monoisotopic (exact) mass is 527 g/mol. The highest BCUT2D eigenvalue weighted by molar-refractivity contribution is 14.0. The molecule has 2 aromatic carbocycles. The van der Waals surface area contributed by atoms with Crippen molar-refractivity contribution in [2.24, 2.45) is 4.99 Å². The van der Waals surface area contributed by atoms with Gasteiger partial charge in [0.05, 0.1) is 0 Å². The van der Waals surface area contributed by atoms with Gasteiger partial charge in [-0.25, -0.2) is 0 Å². The van der Waals surface area contributed by atoms with Crippen molar-refractivity contribution in [1.29, 1.82) is 0 Å². The van der Waals surface area contributed by atoms with Crippen molar-refractivity contribution < 1.29 is 4.79 Å². The molecule has 0 radical (unpaired) electrons. The molecule has 2 aromatic rings. The summed E-state index contributed by atoms with van der Waals surface area (Å²) in [6.45, 7) is 4.28. The van der Waals surface area contributed by atoms with Crippen LogP contribution in [-0.4, -0.2) is 57.0 Å². The van der Waals surface area contributed by atoms with E-state index in [-0.39, 0.29) is 29.9 Å². The minimum Gasteiger partial charge on any atom is -0.368 e. The molecule has 2 N–H and O–H groups in total. The first kappa shape index (κ1) is 23.3. The molecule has 8 heteroatoms. The third kappa shape index (κ3) is 6.24. The van der Waals surface area contributed by atoms with Crippen molar-refractivity contribution in [2.45, 2.75) is 6.54 Å². The Morgan fingerprint density at radius 2 is 1.79 bits per heavy atom. The third-order valence-electron chi connectivity index (χ3n) is 4.86. The lowest BCUT2D eigenvalue weighted by Gasteiger charge is -2.37. The lowest BCUT2D eigenvalue weighted by Crippen LogP contribution is -2.52. The Labute approximate surface area is 194 Å². The fraction of sp³-hybridized carbons (Fsp3) is 0.333. The first-order chi connectivity index (χ1) is 13.6. The summed E-state index contributed by atoms with van der Waals surface area (Å²) < 4.78 is 0. The summed E-state index contributed by atoms with van der Waals surface area (Å²) in [5, 5.41) is 6.81. The van der Waals surface area contributed by atoms with Crippen LogP contribution < -0.4 is 15.5 Å². The number of carbonyl (C=O) groups excluding carboxylic acids is 1. The maximum Gasteiger partial charge on any atom is 0.251 e. The zero-order valence-electron chi connectivity index (χ0n) is 16.7. The first-order valence-electron chi connectivity index (χ1n) is 9.38. The molecular weight excluding hydrogens is 501 g/mol. The number of rotatable bonds is 4. The molecule has 3 rings (SSSR count). The average Bonchev–Trinajstić information content (AvgIpc) is 2.74. The van der Waals surface area contributed by atoms with E-state index < -0.39 is 0 Å². The van der Waals surface area contributed by atoms with Gasteiger partial charge >= 0.3 is 0 Å². The lowest BCUT2D eigenvalue weighted by atomic mass is 10.1. The molecule has 1 fully saturated rings. The van der Waals surface area contributed by atoms with Gasteiger partial charge in [0.2, 0.25) is 0 Å². The van der Waals surface area contributed by atoms with E-state index >= 15 is 0 Å². The third-order valence-corrected chi connectivity index (χ3v) is 5.09. The van der Waals surface area contributed by atoms with Gasteiger partial charge in [0.25, 0.3) is 5.91 Å². The second-order valence-electron chi connectivity index (χ2n) is 6.63. The summed E-state index contributed by atoms with van der Waals surface area (Å²) in [6, 6.07) is 15.6. The number of nitrogens with zero attached hydrogens (tertiary/aromatic N) is 3. The molecule has 0 aromatic heterocycles. The highest BCUT2D eigenvalue weighted by Gasteiger charge is 2.20. The van der Waals surface area contributed by atoms with Gasteiger partial charge in [-0.3, -0.25) is 9.79 Å². The predicted octanol–water partition coefficient (Wildman–Crippen LogP) is 3.22. The number of amides is 1. The summed E-state index contributed by atoms with van der Waals surface area (Å²) >= 11 is 6.11. The van der Waals surface area contributed by atoms with Gasteiger partial charge in [-0.1, -0.05) is 29.8 Å². The van der Waals surface area contributed by atoms with Crippen molar-refractivity contribution in [3.05, 3.63) is 64.7 Å². The van der Waals surface area contributed by atoms with Gasteiger partial charge in [0.15, 0.2) is 5.96 Å². The van der Waals surface area contributed by atoms with Crippen molar-refractivity contribution in [3.63, 3.8) is 0 Å². The highest BCUT2D eigenvalue weighted by atomic mass is 127. The number of guanidine groups is 1. The van der Waals surface area contributed by atoms with E-state index in [0.717, 1.165) is 48.4 Å². The summed E-state index contributed by atoms with van der Waals surface area (Å²) in [5.41, 5.74) is 2.92. The molecule has 1 amide bonds. The van der Waals surface area contributed by atoms with Crippen LogP contribution in [0.4, 0.5) is 5.69 Å². The lowest BCUT2D eigenvalue weighted by molar-refractivity contribution is 0.0963. The van der Waals surface area contributed by atoms with E-state index in [1.54, 1.807) is 14.1 Å². The van der Waals surface area contributed by atoms with Gasteiger partial charge in [0, 0.05) is 63.1 Å². The van der Waals surface area contributed by atoms with Crippen molar-refractivity contribution in [3.8, 4) is 0 Å². The van der Waals surface area contributed by atoms with Crippen LogP contribution in [0.1, 0.15) is 15.9 Å². The SMILES string of the molecule is CN=C(NCc1ccc(C(=O)NC)cc1)N1CCN(c2cccc(Cl)c2)CC1.I. The molecule has 0 spiro atoms. The van der Waals surface area contributed by atoms with E-state index in [0.29, 0.717) is 12.1 Å². The van der Waals surface area contributed by atoms with Crippen molar-refractivity contribution >= 4 is 53.1 Å².